The topological polar surface area (TPSA) is 0 Å². The molecule has 0 radical (unpaired) electrons. The molecule has 0 heterocycles. The average molecular weight is 196 g/mol. The molecule has 2 heteroatoms. The van der Waals surface area contributed by atoms with E-state index in [0.29, 0.717) is 5.92 Å². The van der Waals surface area contributed by atoms with E-state index < -0.39 is 5.82 Å². The molecular weight excluding hydrogens is 182 g/mol. The van der Waals surface area contributed by atoms with E-state index in [4.69, 9.17) is 0 Å². The summed E-state index contributed by atoms with van der Waals surface area (Å²) in [4.78, 5) is 0. The molecule has 0 aromatic heterocycles. The van der Waals surface area contributed by atoms with Crippen LogP contribution in [0.5, 0.6) is 0 Å². The first kappa shape index (κ1) is 9.63. The lowest BCUT2D eigenvalue weighted by Gasteiger charge is -2.24. The second-order valence-corrected chi connectivity index (χ2v) is 3.95. The van der Waals surface area contributed by atoms with Crippen LogP contribution in [-0.4, -0.2) is 0 Å². The van der Waals surface area contributed by atoms with Crippen molar-refractivity contribution in [2.24, 2.45) is 0 Å². The van der Waals surface area contributed by atoms with Gasteiger partial charge in [0.05, 0.1) is 0 Å². The van der Waals surface area contributed by atoms with Crippen LogP contribution < -0.4 is 0 Å². The fraction of sp³-hybridized carbons (Fsp3) is 0.500. The minimum atomic E-state index is -0.443. The highest BCUT2D eigenvalue weighted by Crippen LogP contribution is 2.35. The van der Waals surface area contributed by atoms with Crippen LogP contribution in [0.25, 0.3) is 0 Å². The molecule has 0 saturated heterocycles. The summed E-state index contributed by atoms with van der Waals surface area (Å²) >= 11 is 0. The molecule has 2 rings (SSSR count). The first-order valence-corrected chi connectivity index (χ1v) is 5.20. The van der Waals surface area contributed by atoms with Gasteiger partial charge >= 0.3 is 0 Å². The minimum Gasteiger partial charge on any atom is -0.207 e. The van der Waals surface area contributed by atoms with Crippen molar-refractivity contribution in [3.05, 3.63) is 34.9 Å². The van der Waals surface area contributed by atoms with Gasteiger partial charge in [0, 0.05) is 6.07 Å². The van der Waals surface area contributed by atoms with Crippen LogP contribution in [0.1, 0.15) is 43.2 Å². The van der Waals surface area contributed by atoms with Gasteiger partial charge in [-0.3, -0.25) is 0 Å². The van der Waals surface area contributed by atoms with Crippen LogP contribution in [0.15, 0.2) is 12.1 Å². The van der Waals surface area contributed by atoms with E-state index in [-0.39, 0.29) is 5.82 Å². The molecule has 0 amide bonds. The summed E-state index contributed by atoms with van der Waals surface area (Å²) in [5.41, 5.74) is 1.64. The van der Waals surface area contributed by atoms with Gasteiger partial charge in [0.15, 0.2) is 0 Å². The first-order valence-electron chi connectivity index (χ1n) is 5.20. The summed E-state index contributed by atoms with van der Waals surface area (Å²) < 4.78 is 26.4. The van der Waals surface area contributed by atoms with Crippen molar-refractivity contribution in [1.29, 1.82) is 0 Å². The van der Waals surface area contributed by atoms with Crippen molar-refractivity contribution in [1.82, 2.24) is 0 Å². The van der Waals surface area contributed by atoms with Crippen molar-refractivity contribution in [3.8, 4) is 0 Å². The summed E-state index contributed by atoms with van der Waals surface area (Å²) in [6.45, 7) is 2.07. The molecular formula is C12H14F2. The Kier molecular flexibility index (Phi) is 2.53. The number of halogens is 2. The molecule has 0 spiro atoms. The molecule has 1 unspecified atom stereocenters. The van der Waals surface area contributed by atoms with Gasteiger partial charge in [-0.25, -0.2) is 8.78 Å². The van der Waals surface area contributed by atoms with Gasteiger partial charge in [0.1, 0.15) is 11.6 Å². The predicted molar refractivity (Wildman–Crippen MR) is 52.3 cm³/mol. The quantitative estimate of drug-likeness (QED) is 0.641. The summed E-state index contributed by atoms with van der Waals surface area (Å²) in [6.07, 6.45) is 3.81. The molecule has 76 valence electrons. The molecule has 0 fully saturated rings. The Hall–Kier alpha value is -0.920. The minimum absolute atomic E-state index is 0.351. The van der Waals surface area contributed by atoms with E-state index in [1.165, 1.54) is 6.07 Å². The van der Waals surface area contributed by atoms with Crippen molar-refractivity contribution in [2.45, 2.75) is 38.5 Å². The third-order valence-corrected chi connectivity index (χ3v) is 3.11. The maximum Gasteiger partial charge on any atom is 0.129 e. The van der Waals surface area contributed by atoms with Crippen LogP contribution in [0, 0.1) is 11.6 Å². The predicted octanol–water partition coefficient (Wildman–Crippen LogP) is 3.79. The van der Waals surface area contributed by atoms with Crippen LogP contribution in [0.3, 0.4) is 0 Å². The molecule has 0 nitrogen and oxygen atoms in total. The smallest absolute Gasteiger partial charge is 0.129 e. The third kappa shape index (κ3) is 1.54. The standard InChI is InChI=1S/C12H14F2/c1-2-8-4-3-5-10-11(8)6-9(13)7-12(10)14/h6-8H,2-5H2,1H3. The van der Waals surface area contributed by atoms with Gasteiger partial charge in [-0.1, -0.05) is 6.92 Å². The van der Waals surface area contributed by atoms with Gasteiger partial charge in [0.2, 0.25) is 0 Å². The Balaban J connectivity index is 2.51. The normalized spacial score (nSPS) is 20.6. The zero-order valence-corrected chi connectivity index (χ0v) is 8.32. The van der Waals surface area contributed by atoms with E-state index in [2.05, 4.69) is 6.92 Å². The number of fused-ring (bicyclic) bond motifs is 1. The molecule has 1 aliphatic carbocycles. The molecule has 1 aliphatic rings. The van der Waals surface area contributed by atoms with Gasteiger partial charge in [0.25, 0.3) is 0 Å². The number of benzene rings is 1. The molecule has 1 aromatic carbocycles. The lowest BCUT2D eigenvalue weighted by molar-refractivity contribution is 0.498. The summed E-state index contributed by atoms with van der Waals surface area (Å²) in [5.74, 6) is -0.455. The molecule has 1 atom stereocenters. The molecule has 0 aliphatic heterocycles. The van der Waals surface area contributed by atoms with Crippen LogP contribution in [0.4, 0.5) is 8.78 Å². The van der Waals surface area contributed by atoms with Gasteiger partial charge < -0.3 is 0 Å². The second kappa shape index (κ2) is 3.68. The molecule has 1 aromatic rings. The zero-order valence-electron chi connectivity index (χ0n) is 8.32. The SMILES string of the molecule is CCC1CCCc2c(F)cc(F)cc21. The first-order chi connectivity index (χ1) is 6.72. The van der Waals surface area contributed by atoms with Crippen LogP contribution in [-0.2, 0) is 6.42 Å². The van der Waals surface area contributed by atoms with Crippen molar-refractivity contribution < 1.29 is 8.78 Å². The molecule has 0 saturated carbocycles. The largest absolute Gasteiger partial charge is 0.207 e. The Bertz CT molecular complexity index is 344. The Morgan fingerprint density at radius 3 is 2.86 bits per heavy atom. The monoisotopic (exact) mass is 196 g/mol. The van der Waals surface area contributed by atoms with E-state index in [9.17, 15) is 8.78 Å². The van der Waals surface area contributed by atoms with Crippen molar-refractivity contribution in [2.75, 3.05) is 0 Å². The number of hydrogen-bond donors (Lipinski definition) is 0. The van der Waals surface area contributed by atoms with Crippen LogP contribution >= 0.6 is 0 Å². The maximum absolute atomic E-state index is 13.4. The van der Waals surface area contributed by atoms with Gasteiger partial charge in [-0.2, -0.15) is 0 Å². The van der Waals surface area contributed by atoms with Crippen LogP contribution in [0.2, 0.25) is 0 Å². The Morgan fingerprint density at radius 1 is 1.36 bits per heavy atom. The van der Waals surface area contributed by atoms with E-state index in [1.807, 2.05) is 0 Å². The summed E-state index contributed by atoms with van der Waals surface area (Å²) in [5, 5.41) is 0. The van der Waals surface area contributed by atoms with Crippen molar-refractivity contribution >= 4 is 0 Å². The second-order valence-electron chi connectivity index (χ2n) is 3.95. The van der Waals surface area contributed by atoms with E-state index in [1.54, 1.807) is 0 Å². The fourth-order valence-electron chi connectivity index (χ4n) is 2.36. The number of hydrogen-bond acceptors (Lipinski definition) is 0. The zero-order chi connectivity index (χ0) is 10.1. The third-order valence-electron chi connectivity index (χ3n) is 3.11. The van der Waals surface area contributed by atoms with Crippen molar-refractivity contribution in [3.63, 3.8) is 0 Å². The van der Waals surface area contributed by atoms with E-state index in [0.717, 1.165) is 42.9 Å². The highest BCUT2D eigenvalue weighted by Gasteiger charge is 2.22. The van der Waals surface area contributed by atoms with Gasteiger partial charge in [-0.05, 0) is 48.8 Å². The number of rotatable bonds is 1. The lowest BCUT2D eigenvalue weighted by atomic mass is 9.81. The fourth-order valence-corrected chi connectivity index (χ4v) is 2.36. The van der Waals surface area contributed by atoms with E-state index >= 15 is 0 Å². The molecule has 0 N–H and O–H groups in total. The Labute approximate surface area is 82.9 Å². The average Bonchev–Trinajstić information content (AvgIpc) is 2.17. The van der Waals surface area contributed by atoms with Gasteiger partial charge in [-0.15, -0.1) is 0 Å². The maximum atomic E-state index is 13.4. The highest BCUT2D eigenvalue weighted by molar-refractivity contribution is 5.34. The highest BCUT2D eigenvalue weighted by atomic mass is 19.1. The molecule has 14 heavy (non-hydrogen) atoms. The summed E-state index contributed by atoms with van der Waals surface area (Å²) in [7, 11) is 0. The summed E-state index contributed by atoms with van der Waals surface area (Å²) in [6, 6.07) is 2.50. The Morgan fingerprint density at radius 2 is 2.14 bits per heavy atom. The lowest BCUT2D eigenvalue weighted by Crippen LogP contribution is -2.11. The molecule has 0 bridgehead atoms.